The van der Waals surface area contributed by atoms with Gasteiger partial charge in [-0.3, -0.25) is 9.59 Å². The van der Waals surface area contributed by atoms with E-state index in [0.717, 1.165) is 24.1 Å². The average molecular weight is 330 g/mol. The van der Waals surface area contributed by atoms with Gasteiger partial charge >= 0.3 is 5.97 Å². The van der Waals surface area contributed by atoms with Crippen LogP contribution in [-0.2, 0) is 11.3 Å². The molecule has 6 heteroatoms. The molecule has 1 aromatic heterocycles. The van der Waals surface area contributed by atoms with E-state index >= 15 is 0 Å². The van der Waals surface area contributed by atoms with Gasteiger partial charge in [0.25, 0.3) is 5.91 Å². The van der Waals surface area contributed by atoms with Crippen LogP contribution in [0.25, 0.3) is 0 Å². The fourth-order valence-corrected chi connectivity index (χ4v) is 2.61. The summed E-state index contributed by atoms with van der Waals surface area (Å²) in [5.74, 6) is -1.23. The molecular formula is C18H22N2O4. The molecule has 0 aliphatic heterocycles. The summed E-state index contributed by atoms with van der Waals surface area (Å²) < 4.78 is 5.18. The molecule has 1 aromatic carbocycles. The highest BCUT2D eigenvalue weighted by atomic mass is 16.5. The maximum Gasteiger partial charge on any atom is 0.323 e. The molecule has 0 aliphatic rings. The Kier molecular flexibility index (Phi) is 6.12. The lowest BCUT2D eigenvalue weighted by Crippen LogP contribution is -2.35. The summed E-state index contributed by atoms with van der Waals surface area (Å²) in [6, 6.07) is 10.9. The molecule has 0 saturated carbocycles. The molecule has 128 valence electrons. The van der Waals surface area contributed by atoms with Crippen LogP contribution in [-0.4, -0.2) is 33.6 Å². The highest BCUT2D eigenvalue weighted by Gasteiger charge is 2.24. The number of benzene rings is 1. The first-order valence-electron chi connectivity index (χ1n) is 8.06. The molecule has 0 radical (unpaired) electrons. The van der Waals surface area contributed by atoms with E-state index in [0.29, 0.717) is 0 Å². The molecule has 0 atom stereocenters. The molecule has 24 heavy (non-hydrogen) atoms. The number of carbonyl (C=O) groups is 2. The Bertz CT molecular complexity index is 677. The Hall–Kier alpha value is -2.63. The highest BCUT2D eigenvalue weighted by Crippen LogP contribution is 2.23. The van der Waals surface area contributed by atoms with Gasteiger partial charge in [0.15, 0.2) is 0 Å². The zero-order valence-electron chi connectivity index (χ0n) is 13.9. The van der Waals surface area contributed by atoms with E-state index in [9.17, 15) is 9.59 Å². The molecular weight excluding hydrogens is 308 g/mol. The summed E-state index contributed by atoms with van der Waals surface area (Å²) in [5.41, 5.74) is 1.59. The van der Waals surface area contributed by atoms with Gasteiger partial charge in [-0.05, 0) is 18.4 Å². The minimum atomic E-state index is -1.07. The summed E-state index contributed by atoms with van der Waals surface area (Å²) in [7, 11) is 0. The molecule has 1 N–H and O–H groups in total. The second kappa shape index (κ2) is 8.29. The lowest BCUT2D eigenvalue weighted by Gasteiger charge is -2.19. The van der Waals surface area contributed by atoms with Gasteiger partial charge in [0, 0.05) is 18.5 Å². The van der Waals surface area contributed by atoms with Crippen molar-refractivity contribution in [3.8, 4) is 0 Å². The number of hydrogen-bond acceptors (Lipinski definition) is 4. The van der Waals surface area contributed by atoms with Gasteiger partial charge in [-0.1, -0.05) is 49.3 Å². The molecule has 2 rings (SSSR count). The fourth-order valence-electron chi connectivity index (χ4n) is 2.61. The van der Waals surface area contributed by atoms with Gasteiger partial charge < -0.3 is 14.5 Å². The monoisotopic (exact) mass is 330 g/mol. The molecule has 0 aliphatic carbocycles. The van der Waals surface area contributed by atoms with E-state index in [1.54, 1.807) is 6.07 Å². The largest absolute Gasteiger partial charge is 0.480 e. The van der Waals surface area contributed by atoms with E-state index in [2.05, 4.69) is 19.0 Å². The zero-order chi connectivity index (χ0) is 17.5. The van der Waals surface area contributed by atoms with Gasteiger partial charge in [0.2, 0.25) is 5.76 Å². The Balaban J connectivity index is 2.19. The van der Waals surface area contributed by atoms with Crippen molar-refractivity contribution >= 4 is 11.9 Å². The number of aromatic nitrogens is 1. The summed E-state index contributed by atoms with van der Waals surface area (Å²) in [6.45, 7) is 3.91. The topological polar surface area (TPSA) is 83.6 Å². The first-order valence-corrected chi connectivity index (χ1v) is 8.06. The van der Waals surface area contributed by atoms with E-state index in [4.69, 9.17) is 9.63 Å². The molecule has 1 heterocycles. The Labute approximate surface area is 141 Å². The van der Waals surface area contributed by atoms with Crippen molar-refractivity contribution in [2.75, 3.05) is 6.54 Å². The maximum absolute atomic E-state index is 12.6. The summed E-state index contributed by atoms with van der Waals surface area (Å²) in [6.07, 6.45) is 1.80. The van der Waals surface area contributed by atoms with Crippen LogP contribution in [0.2, 0.25) is 0 Å². The minimum Gasteiger partial charge on any atom is -0.480 e. The van der Waals surface area contributed by atoms with Crippen molar-refractivity contribution < 1.29 is 19.2 Å². The van der Waals surface area contributed by atoms with Crippen LogP contribution in [0.1, 0.15) is 54.4 Å². The lowest BCUT2D eigenvalue weighted by molar-refractivity contribution is -0.137. The predicted molar refractivity (Wildman–Crippen MR) is 88.6 cm³/mol. The van der Waals surface area contributed by atoms with Gasteiger partial charge in [-0.15, -0.1) is 0 Å². The molecule has 1 amide bonds. The van der Waals surface area contributed by atoms with Crippen molar-refractivity contribution in [2.45, 2.75) is 39.2 Å². The number of carboxylic acid groups (broad SMARTS) is 1. The summed E-state index contributed by atoms with van der Waals surface area (Å²) >= 11 is 0. The van der Waals surface area contributed by atoms with Crippen molar-refractivity contribution in [3.05, 3.63) is 53.4 Å². The van der Waals surface area contributed by atoms with Gasteiger partial charge in [0.05, 0.1) is 5.69 Å². The number of rotatable bonds is 8. The van der Waals surface area contributed by atoms with Gasteiger partial charge in [0.1, 0.15) is 6.54 Å². The van der Waals surface area contributed by atoms with Crippen LogP contribution in [0.15, 0.2) is 40.9 Å². The van der Waals surface area contributed by atoms with E-state index in [1.165, 1.54) is 4.90 Å². The number of nitrogens with zero attached hydrogens (tertiary/aromatic N) is 2. The molecule has 0 fully saturated rings. The van der Waals surface area contributed by atoms with Crippen molar-refractivity contribution in [2.24, 2.45) is 0 Å². The van der Waals surface area contributed by atoms with Crippen LogP contribution < -0.4 is 0 Å². The molecule has 6 nitrogen and oxygen atoms in total. The van der Waals surface area contributed by atoms with E-state index in [1.807, 2.05) is 30.3 Å². The third kappa shape index (κ3) is 4.44. The Morgan fingerprint density at radius 3 is 2.46 bits per heavy atom. The first-order chi connectivity index (χ1) is 11.5. The number of hydrogen-bond donors (Lipinski definition) is 1. The minimum absolute atomic E-state index is 0.0779. The first kappa shape index (κ1) is 17.7. The zero-order valence-corrected chi connectivity index (χ0v) is 13.9. The number of carbonyl (C=O) groups excluding carboxylic acids is 1. The predicted octanol–water partition coefficient (Wildman–Crippen LogP) is 3.31. The fraction of sp³-hybridized carbons (Fsp3) is 0.389. The molecule has 0 unspecified atom stereocenters. The van der Waals surface area contributed by atoms with Crippen molar-refractivity contribution in [1.29, 1.82) is 0 Å². The Morgan fingerprint density at radius 2 is 1.88 bits per heavy atom. The van der Waals surface area contributed by atoms with Crippen molar-refractivity contribution in [1.82, 2.24) is 10.1 Å². The normalized spacial score (nSPS) is 10.8. The van der Waals surface area contributed by atoms with Crippen LogP contribution >= 0.6 is 0 Å². The number of aliphatic carboxylic acids is 1. The molecule has 2 aromatic rings. The SMILES string of the molecule is CCC(CC)c1cc(C(=O)N(CC(=O)O)Cc2ccccc2)on1. The molecule has 0 spiro atoms. The van der Waals surface area contributed by atoms with E-state index in [-0.39, 0.29) is 18.2 Å². The smallest absolute Gasteiger partial charge is 0.323 e. The second-order valence-corrected chi connectivity index (χ2v) is 5.67. The van der Waals surface area contributed by atoms with Crippen LogP contribution in [0.4, 0.5) is 0 Å². The maximum atomic E-state index is 12.6. The van der Waals surface area contributed by atoms with E-state index < -0.39 is 18.4 Å². The third-order valence-corrected chi connectivity index (χ3v) is 3.97. The standard InChI is InChI=1S/C18H22N2O4/c1-3-14(4-2)15-10-16(24-19-15)18(23)20(12-17(21)22)11-13-8-6-5-7-9-13/h5-10,14H,3-4,11-12H2,1-2H3,(H,21,22). The highest BCUT2D eigenvalue weighted by molar-refractivity contribution is 5.93. The quantitative estimate of drug-likeness (QED) is 0.803. The molecule has 0 bridgehead atoms. The van der Waals surface area contributed by atoms with Crippen LogP contribution in [0.3, 0.4) is 0 Å². The number of amides is 1. The van der Waals surface area contributed by atoms with Gasteiger partial charge in [-0.25, -0.2) is 0 Å². The second-order valence-electron chi connectivity index (χ2n) is 5.67. The Morgan fingerprint density at radius 1 is 1.21 bits per heavy atom. The van der Waals surface area contributed by atoms with Crippen LogP contribution in [0.5, 0.6) is 0 Å². The van der Waals surface area contributed by atoms with Crippen LogP contribution in [0, 0.1) is 0 Å². The average Bonchev–Trinajstić information content (AvgIpc) is 3.05. The lowest BCUT2D eigenvalue weighted by atomic mass is 9.99. The molecule has 0 saturated heterocycles. The van der Waals surface area contributed by atoms with Crippen molar-refractivity contribution in [3.63, 3.8) is 0 Å². The summed E-state index contributed by atoms with van der Waals surface area (Å²) in [5, 5.41) is 13.1. The van der Waals surface area contributed by atoms with Gasteiger partial charge in [-0.2, -0.15) is 0 Å². The summed E-state index contributed by atoms with van der Waals surface area (Å²) in [4.78, 5) is 25.0. The number of carboxylic acids is 1. The third-order valence-electron chi connectivity index (χ3n) is 3.97.